The first-order valence-electron chi connectivity index (χ1n) is 8.54. The van der Waals surface area contributed by atoms with E-state index in [4.69, 9.17) is 9.47 Å². The van der Waals surface area contributed by atoms with E-state index >= 15 is 0 Å². The Morgan fingerprint density at radius 3 is 2.96 bits per heavy atom. The third-order valence-corrected chi connectivity index (χ3v) is 4.60. The smallest absolute Gasteiger partial charge is 0.225 e. The molecule has 0 unspecified atom stereocenters. The van der Waals surface area contributed by atoms with Crippen LogP contribution in [0.4, 0.5) is 4.39 Å². The predicted octanol–water partition coefficient (Wildman–Crippen LogP) is 1.61. The molecule has 25 heavy (non-hydrogen) atoms. The summed E-state index contributed by atoms with van der Waals surface area (Å²) in [7, 11) is 0. The largest absolute Gasteiger partial charge is 0.467 e. The summed E-state index contributed by atoms with van der Waals surface area (Å²) in [6.45, 7) is 5.17. The van der Waals surface area contributed by atoms with Crippen molar-refractivity contribution >= 4 is 11.8 Å². The minimum atomic E-state index is -0.344. The molecular formula is C18H23FN2O4. The lowest BCUT2D eigenvalue weighted by Crippen LogP contribution is -2.36. The summed E-state index contributed by atoms with van der Waals surface area (Å²) in [5.74, 6) is -0.137. The molecule has 0 aromatic heterocycles. The van der Waals surface area contributed by atoms with Gasteiger partial charge in [0.05, 0.1) is 12.5 Å². The van der Waals surface area contributed by atoms with Crippen LogP contribution in [0.1, 0.15) is 31.4 Å². The summed E-state index contributed by atoms with van der Waals surface area (Å²) < 4.78 is 24.3. The van der Waals surface area contributed by atoms with Gasteiger partial charge in [-0.15, -0.1) is 0 Å². The number of halogens is 1. The van der Waals surface area contributed by atoms with E-state index in [1.54, 1.807) is 4.90 Å². The van der Waals surface area contributed by atoms with Gasteiger partial charge in [-0.3, -0.25) is 9.59 Å². The molecule has 2 amide bonds. The van der Waals surface area contributed by atoms with E-state index in [9.17, 15) is 14.0 Å². The summed E-state index contributed by atoms with van der Waals surface area (Å²) in [4.78, 5) is 25.9. The summed E-state index contributed by atoms with van der Waals surface area (Å²) >= 11 is 0. The van der Waals surface area contributed by atoms with E-state index in [0.29, 0.717) is 43.0 Å². The standard InChI is InChI=1S/C18H23FN2O4/c1-11(2)21-8-13(7-16(21)22)18(23)20-4-3-12-5-15(19)6-14-9-24-10-25-17(12)14/h5-6,11,13H,3-4,7-10H2,1-2H3,(H,20,23)/t13-/m1/s1. The van der Waals surface area contributed by atoms with Gasteiger partial charge in [0.25, 0.3) is 0 Å². The molecule has 1 N–H and O–H groups in total. The average molecular weight is 350 g/mol. The van der Waals surface area contributed by atoms with E-state index in [1.165, 1.54) is 12.1 Å². The van der Waals surface area contributed by atoms with E-state index in [2.05, 4.69) is 5.32 Å². The highest BCUT2D eigenvalue weighted by Crippen LogP contribution is 2.29. The van der Waals surface area contributed by atoms with Crippen LogP contribution in [-0.2, 0) is 27.4 Å². The number of carbonyl (C=O) groups is 2. The number of ether oxygens (including phenoxy) is 2. The SMILES string of the molecule is CC(C)N1C[C@H](C(=O)NCCc2cc(F)cc3c2OCOC3)CC1=O. The minimum Gasteiger partial charge on any atom is -0.467 e. The molecule has 1 saturated heterocycles. The Morgan fingerprint density at radius 1 is 1.44 bits per heavy atom. The van der Waals surface area contributed by atoms with Gasteiger partial charge in [0.2, 0.25) is 11.8 Å². The van der Waals surface area contributed by atoms with Crippen molar-refractivity contribution in [2.45, 2.75) is 39.3 Å². The highest BCUT2D eigenvalue weighted by Gasteiger charge is 2.35. The Balaban J connectivity index is 1.56. The summed E-state index contributed by atoms with van der Waals surface area (Å²) in [6, 6.07) is 2.93. The Morgan fingerprint density at radius 2 is 2.24 bits per heavy atom. The number of carbonyl (C=O) groups excluding carboxylic acids is 2. The van der Waals surface area contributed by atoms with Crippen molar-refractivity contribution in [2.75, 3.05) is 19.9 Å². The molecule has 2 aliphatic heterocycles. The van der Waals surface area contributed by atoms with E-state index in [-0.39, 0.29) is 42.8 Å². The van der Waals surface area contributed by atoms with Crippen LogP contribution in [-0.4, -0.2) is 42.6 Å². The van der Waals surface area contributed by atoms with E-state index < -0.39 is 0 Å². The molecule has 0 saturated carbocycles. The van der Waals surface area contributed by atoms with Gasteiger partial charge in [0.15, 0.2) is 6.79 Å². The van der Waals surface area contributed by atoms with Crippen LogP contribution in [0.25, 0.3) is 0 Å². The number of nitrogens with one attached hydrogen (secondary N) is 1. The molecule has 0 spiro atoms. The first-order valence-corrected chi connectivity index (χ1v) is 8.54. The van der Waals surface area contributed by atoms with Crippen molar-refractivity contribution in [3.8, 4) is 5.75 Å². The van der Waals surface area contributed by atoms with Gasteiger partial charge in [-0.2, -0.15) is 0 Å². The molecule has 1 aromatic carbocycles. The van der Waals surface area contributed by atoms with Crippen LogP contribution < -0.4 is 10.1 Å². The van der Waals surface area contributed by atoms with Crippen LogP contribution in [0.3, 0.4) is 0 Å². The third kappa shape index (κ3) is 3.92. The monoisotopic (exact) mass is 350 g/mol. The van der Waals surface area contributed by atoms with Crippen LogP contribution in [0, 0.1) is 11.7 Å². The molecule has 2 aliphatic rings. The number of nitrogens with zero attached hydrogens (tertiary/aromatic N) is 1. The van der Waals surface area contributed by atoms with Crippen molar-refractivity contribution in [3.63, 3.8) is 0 Å². The molecule has 1 atom stereocenters. The zero-order valence-corrected chi connectivity index (χ0v) is 14.5. The Labute approximate surface area is 146 Å². The first kappa shape index (κ1) is 17.7. The lowest BCUT2D eigenvalue weighted by Gasteiger charge is -2.21. The second kappa shape index (κ2) is 7.39. The quantitative estimate of drug-likeness (QED) is 0.876. The van der Waals surface area contributed by atoms with Gasteiger partial charge in [-0.1, -0.05) is 0 Å². The maximum absolute atomic E-state index is 13.7. The first-order chi connectivity index (χ1) is 12.0. The van der Waals surface area contributed by atoms with Crippen molar-refractivity contribution in [1.29, 1.82) is 0 Å². The van der Waals surface area contributed by atoms with Gasteiger partial charge in [-0.05, 0) is 38.0 Å². The normalized spacial score (nSPS) is 19.8. The van der Waals surface area contributed by atoms with Crippen molar-refractivity contribution in [1.82, 2.24) is 10.2 Å². The molecule has 3 rings (SSSR count). The Kier molecular flexibility index (Phi) is 5.22. The van der Waals surface area contributed by atoms with Crippen molar-refractivity contribution < 1.29 is 23.5 Å². The molecule has 136 valence electrons. The predicted molar refractivity (Wildman–Crippen MR) is 88.4 cm³/mol. The summed E-state index contributed by atoms with van der Waals surface area (Å²) in [5.41, 5.74) is 1.39. The molecule has 0 bridgehead atoms. The number of likely N-dealkylation sites (tertiary alicyclic amines) is 1. The number of amides is 2. The van der Waals surface area contributed by atoms with Crippen molar-refractivity contribution in [3.05, 3.63) is 29.1 Å². The maximum Gasteiger partial charge on any atom is 0.225 e. The van der Waals surface area contributed by atoms with E-state index in [0.717, 1.165) is 0 Å². The number of benzene rings is 1. The zero-order chi connectivity index (χ0) is 18.0. The van der Waals surface area contributed by atoms with Gasteiger partial charge in [0, 0.05) is 31.1 Å². The van der Waals surface area contributed by atoms with Gasteiger partial charge >= 0.3 is 0 Å². The number of hydrogen-bond donors (Lipinski definition) is 1. The highest BCUT2D eigenvalue weighted by atomic mass is 19.1. The fourth-order valence-electron chi connectivity index (χ4n) is 3.31. The fourth-order valence-corrected chi connectivity index (χ4v) is 3.31. The molecule has 6 nitrogen and oxygen atoms in total. The van der Waals surface area contributed by atoms with Crippen LogP contribution in [0.2, 0.25) is 0 Å². The lowest BCUT2D eigenvalue weighted by atomic mass is 10.0. The van der Waals surface area contributed by atoms with Gasteiger partial charge in [-0.25, -0.2) is 4.39 Å². The average Bonchev–Trinajstić information content (AvgIpc) is 2.96. The second-order valence-electron chi connectivity index (χ2n) is 6.75. The van der Waals surface area contributed by atoms with Gasteiger partial charge in [0.1, 0.15) is 11.6 Å². The molecule has 7 heteroatoms. The van der Waals surface area contributed by atoms with E-state index in [1.807, 2.05) is 13.8 Å². The summed E-state index contributed by atoms with van der Waals surface area (Å²) in [6.07, 6.45) is 0.709. The maximum atomic E-state index is 13.7. The van der Waals surface area contributed by atoms with Crippen molar-refractivity contribution in [2.24, 2.45) is 5.92 Å². The molecular weight excluding hydrogens is 327 g/mol. The van der Waals surface area contributed by atoms with Crippen LogP contribution in [0.5, 0.6) is 5.75 Å². The number of hydrogen-bond acceptors (Lipinski definition) is 4. The van der Waals surface area contributed by atoms with Gasteiger partial charge < -0.3 is 19.7 Å². The Bertz CT molecular complexity index is 677. The van der Waals surface area contributed by atoms with Crippen LogP contribution >= 0.6 is 0 Å². The molecule has 2 heterocycles. The second-order valence-corrected chi connectivity index (χ2v) is 6.75. The third-order valence-electron chi connectivity index (χ3n) is 4.60. The molecule has 0 aliphatic carbocycles. The Hall–Kier alpha value is -2.15. The number of fused-ring (bicyclic) bond motifs is 1. The zero-order valence-electron chi connectivity index (χ0n) is 14.5. The molecule has 1 fully saturated rings. The molecule has 0 radical (unpaired) electrons. The lowest BCUT2D eigenvalue weighted by molar-refractivity contribution is -0.129. The minimum absolute atomic E-state index is 0.0164. The number of rotatable bonds is 5. The topological polar surface area (TPSA) is 67.9 Å². The highest BCUT2D eigenvalue weighted by molar-refractivity contribution is 5.89. The molecule has 1 aromatic rings. The van der Waals surface area contributed by atoms with Crippen LogP contribution in [0.15, 0.2) is 12.1 Å². The fraction of sp³-hybridized carbons (Fsp3) is 0.556. The summed E-state index contributed by atoms with van der Waals surface area (Å²) in [5, 5.41) is 2.85.